The summed E-state index contributed by atoms with van der Waals surface area (Å²) in [7, 11) is 0. The molecule has 1 aromatic rings. The number of rotatable bonds is 4. The minimum atomic E-state index is 0.854. The summed E-state index contributed by atoms with van der Waals surface area (Å²) in [5.41, 5.74) is 0. The van der Waals surface area contributed by atoms with Gasteiger partial charge >= 0.3 is 0 Å². The van der Waals surface area contributed by atoms with E-state index in [2.05, 4.69) is 22.7 Å². The van der Waals surface area contributed by atoms with Crippen LogP contribution in [0.5, 0.6) is 0 Å². The standard InChI is InChI=1S/C9H12N2/c1-3-5-9-10-6-8-11(9)7-4-2/h3-4,6,8H,1-2,5,7H2/p+1. The van der Waals surface area contributed by atoms with Crippen molar-refractivity contribution in [2.24, 2.45) is 0 Å². The summed E-state index contributed by atoms with van der Waals surface area (Å²) < 4.78 is 2.11. The number of aromatic amines is 1. The number of nitrogens with one attached hydrogen (secondary N) is 1. The van der Waals surface area contributed by atoms with Crippen molar-refractivity contribution in [1.82, 2.24) is 4.98 Å². The van der Waals surface area contributed by atoms with Crippen molar-refractivity contribution in [2.75, 3.05) is 0 Å². The number of allylic oxidation sites excluding steroid dienone is 2. The van der Waals surface area contributed by atoms with Gasteiger partial charge in [-0.1, -0.05) is 18.7 Å². The number of aromatic nitrogens is 2. The lowest BCUT2D eigenvalue weighted by molar-refractivity contribution is -0.692. The van der Waals surface area contributed by atoms with E-state index in [1.165, 1.54) is 5.82 Å². The van der Waals surface area contributed by atoms with E-state index in [-0.39, 0.29) is 0 Å². The van der Waals surface area contributed by atoms with Crippen molar-refractivity contribution in [1.29, 1.82) is 0 Å². The number of nitrogens with zero attached hydrogens (tertiary/aromatic N) is 1. The molecule has 0 amide bonds. The van der Waals surface area contributed by atoms with Crippen molar-refractivity contribution >= 4 is 0 Å². The summed E-state index contributed by atoms with van der Waals surface area (Å²) in [6, 6.07) is 0. The van der Waals surface area contributed by atoms with Gasteiger partial charge in [-0.25, -0.2) is 9.55 Å². The van der Waals surface area contributed by atoms with Crippen LogP contribution in [0, 0.1) is 0 Å². The molecule has 0 fully saturated rings. The molecule has 58 valence electrons. The molecule has 1 heterocycles. The lowest BCUT2D eigenvalue weighted by atomic mass is 10.4. The van der Waals surface area contributed by atoms with Gasteiger partial charge < -0.3 is 0 Å². The van der Waals surface area contributed by atoms with E-state index in [9.17, 15) is 0 Å². The van der Waals surface area contributed by atoms with Crippen molar-refractivity contribution < 1.29 is 4.57 Å². The second kappa shape index (κ2) is 3.76. The fourth-order valence-corrected chi connectivity index (χ4v) is 1.02. The summed E-state index contributed by atoms with van der Waals surface area (Å²) >= 11 is 0. The van der Waals surface area contributed by atoms with Gasteiger partial charge in [0.1, 0.15) is 18.9 Å². The highest BCUT2D eigenvalue weighted by atomic mass is 15.0. The van der Waals surface area contributed by atoms with Gasteiger partial charge in [0.15, 0.2) is 0 Å². The minimum absolute atomic E-state index is 0.854. The van der Waals surface area contributed by atoms with Gasteiger partial charge in [0.05, 0.1) is 6.42 Å². The molecular formula is C9H13N2+. The summed E-state index contributed by atoms with van der Waals surface area (Å²) in [5.74, 6) is 1.17. The predicted molar refractivity (Wildman–Crippen MR) is 45.1 cm³/mol. The first kappa shape index (κ1) is 7.79. The Morgan fingerprint density at radius 2 is 2.27 bits per heavy atom. The lowest BCUT2D eigenvalue weighted by Crippen LogP contribution is -2.34. The van der Waals surface area contributed by atoms with Crippen LogP contribution in [0.15, 0.2) is 37.7 Å². The topological polar surface area (TPSA) is 19.7 Å². The minimum Gasteiger partial charge on any atom is -0.247 e. The largest absolute Gasteiger partial charge is 0.258 e. The Hall–Kier alpha value is -1.31. The van der Waals surface area contributed by atoms with Crippen LogP contribution in [0.2, 0.25) is 0 Å². The molecule has 0 aliphatic heterocycles. The molecule has 0 aliphatic carbocycles. The Morgan fingerprint density at radius 3 is 2.91 bits per heavy atom. The van der Waals surface area contributed by atoms with Gasteiger partial charge in [-0.3, -0.25) is 0 Å². The molecule has 0 aliphatic rings. The summed E-state index contributed by atoms with van der Waals surface area (Å²) in [5, 5.41) is 0. The molecule has 0 saturated heterocycles. The van der Waals surface area contributed by atoms with Gasteiger partial charge in [-0.2, -0.15) is 0 Å². The number of H-pyrrole nitrogens is 1. The monoisotopic (exact) mass is 149 g/mol. The second-order valence-corrected chi connectivity index (χ2v) is 2.34. The maximum atomic E-state index is 3.68. The van der Waals surface area contributed by atoms with Crippen LogP contribution >= 0.6 is 0 Å². The number of imidazole rings is 1. The Balaban J connectivity index is 2.76. The predicted octanol–water partition coefficient (Wildman–Crippen LogP) is 1.22. The van der Waals surface area contributed by atoms with Gasteiger partial charge in [0.25, 0.3) is 5.82 Å². The van der Waals surface area contributed by atoms with Gasteiger partial charge in [-0.15, -0.1) is 6.58 Å². The highest BCUT2D eigenvalue weighted by Crippen LogP contribution is 1.88. The Kier molecular flexibility index (Phi) is 2.66. The highest BCUT2D eigenvalue weighted by Gasteiger charge is 2.04. The Labute approximate surface area is 66.9 Å². The van der Waals surface area contributed by atoms with E-state index >= 15 is 0 Å². The van der Waals surface area contributed by atoms with Crippen molar-refractivity contribution in [3.05, 3.63) is 43.5 Å². The van der Waals surface area contributed by atoms with Gasteiger partial charge in [0.2, 0.25) is 0 Å². The first-order valence-corrected chi connectivity index (χ1v) is 3.66. The molecule has 11 heavy (non-hydrogen) atoms. The highest BCUT2D eigenvalue weighted by molar-refractivity contribution is 4.86. The molecule has 1 rings (SSSR count). The smallest absolute Gasteiger partial charge is 0.247 e. The average molecular weight is 149 g/mol. The van der Waals surface area contributed by atoms with Crippen LogP contribution in [-0.4, -0.2) is 4.98 Å². The third-order valence-electron chi connectivity index (χ3n) is 1.51. The van der Waals surface area contributed by atoms with Gasteiger partial charge in [-0.05, 0) is 0 Å². The zero-order valence-electron chi connectivity index (χ0n) is 6.59. The second-order valence-electron chi connectivity index (χ2n) is 2.34. The van der Waals surface area contributed by atoms with Crippen LogP contribution < -0.4 is 4.57 Å². The first-order chi connectivity index (χ1) is 5.38. The van der Waals surface area contributed by atoms with Gasteiger partial charge in [0, 0.05) is 0 Å². The van der Waals surface area contributed by atoms with E-state index in [4.69, 9.17) is 0 Å². The van der Waals surface area contributed by atoms with E-state index in [1.54, 1.807) is 0 Å². The third kappa shape index (κ3) is 1.80. The van der Waals surface area contributed by atoms with E-state index in [1.807, 2.05) is 24.5 Å². The van der Waals surface area contributed by atoms with Crippen LogP contribution in [0.25, 0.3) is 0 Å². The molecule has 2 heteroatoms. The maximum Gasteiger partial charge on any atom is 0.258 e. The normalized spacial score (nSPS) is 9.45. The Morgan fingerprint density at radius 1 is 1.45 bits per heavy atom. The van der Waals surface area contributed by atoms with Crippen LogP contribution in [0.1, 0.15) is 5.82 Å². The summed E-state index contributed by atoms with van der Waals surface area (Å²) in [6.07, 6.45) is 8.55. The fraction of sp³-hybridized carbons (Fsp3) is 0.222. The molecule has 0 bridgehead atoms. The fourth-order valence-electron chi connectivity index (χ4n) is 1.02. The molecule has 0 atom stereocenters. The maximum absolute atomic E-state index is 3.68. The molecule has 1 N–H and O–H groups in total. The molecule has 0 radical (unpaired) electrons. The quantitative estimate of drug-likeness (QED) is 0.490. The van der Waals surface area contributed by atoms with E-state index in [0.717, 1.165) is 13.0 Å². The number of hydrogen-bond acceptors (Lipinski definition) is 0. The van der Waals surface area contributed by atoms with Crippen molar-refractivity contribution in [3.63, 3.8) is 0 Å². The summed E-state index contributed by atoms with van der Waals surface area (Å²) in [6.45, 7) is 8.21. The molecule has 0 unspecified atom stereocenters. The molecule has 0 spiro atoms. The zero-order chi connectivity index (χ0) is 8.10. The van der Waals surface area contributed by atoms with Crippen molar-refractivity contribution in [2.45, 2.75) is 13.0 Å². The average Bonchev–Trinajstić information content (AvgIpc) is 2.39. The zero-order valence-corrected chi connectivity index (χ0v) is 6.59. The first-order valence-electron chi connectivity index (χ1n) is 3.66. The van der Waals surface area contributed by atoms with Crippen LogP contribution in [0.3, 0.4) is 0 Å². The van der Waals surface area contributed by atoms with Crippen molar-refractivity contribution in [3.8, 4) is 0 Å². The molecule has 0 aromatic carbocycles. The SMILES string of the molecule is C=CCc1[nH]cc[n+]1CC=C. The third-order valence-corrected chi connectivity index (χ3v) is 1.51. The molecular weight excluding hydrogens is 136 g/mol. The number of hydrogen-bond donors (Lipinski definition) is 1. The Bertz CT molecular complexity index is 223. The van der Waals surface area contributed by atoms with E-state index in [0.29, 0.717) is 0 Å². The van der Waals surface area contributed by atoms with Crippen LogP contribution in [0.4, 0.5) is 0 Å². The van der Waals surface area contributed by atoms with Crippen LogP contribution in [-0.2, 0) is 13.0 Å². The van der Waals surface area contributed by atoms with E-state index < -0.39 is 0 Å². The molecule has 0 saturated carbocycles. The summed E-state index contributed by atoms with van der Waals surface area (Å²) in [4.78, 5) is 3.14. The molecule has 2 nitrogen and oxygen atoms in total. The molecule has 1 aromatic heterocycles. The lowest BCUT2D eigenvalue weighted by Gasteiger charge is -1.92.